The first-order valence-electron chi connectivity index (χ1n) is 6.88. The summed E-state index contributed by atoms with van der Waals surface area (Å²) in [5.74, 6) is -0.554. The predicted octanol–water partition coefficient (Wildman–Crippen LogP) is 0.325. The molecular weight excluding hydrogens is 280 g/mol. The molecule has 6 nitrogen and oxygen atoms in total. The van der Waals surface area contributed by atoms with Gasteiger partial charge in [0.05, 0.1) is 5.75 Å². The number of hydrogen-bond acceptors (Lipinski definition) is 4. The third kappa shape index (κ3) is 3.31. The molecule has 1 rings (SSSR count). The third-order valence-corrected chi connectivity index (χ3v) is 4.94. The van der Waals surface area contributed by atoms with Crippen molar-refractivity contribution in [3.8, 4) is 0 Å². The maximum atomic E-state index is 12.6. The van der Waals surface area contributed by atoms with Gasteiger partial charge >= 0.3 is 0 Å². The van der Waals surface area contributed by atoms with Crippen molar-refractivity contribution in [2.45, 2.75) is 58.2 Å². The molecule has 0 aliphatic carbocycles. The van der Waals surface area contributed by atoms with Crippen molar-refractivity contribution in [3.63, 3.8) is 0 Å². The van der Waals surface area contributed by atoms with Crippen molar-refractivity contribution in [2.75, 3.05) is 12.0 Å². The SMILES string of the molecule is CCC1C(=O)NC(C)(CC)C(=O)N1C(C)CS(C)(=O)=O. The molecule has 1 heterocycles. The molecule has 0 radical (unpaired) electrons. The fourth-order valence-electron chi connectivity index (χ4n) is 2.61. The lowest BCUT2D eigenvalue weighted by molar-refractivity contribution is -0.156. The summed E-state index contributed by atoms with van der Waals surface area (Å²) in [6.45, 7) is 6.99. The monoisotopic (exact) mass is 304 g/mol. The molecule has 116 valence electrons. The Morgan fingerprint density at radius 1 is 1.35 bits per heavy atom. The Morgan fingerprint density at radius 3 is 2.30 bits per heavy atom. The summed E-state index contributed by atoms with van der Waals surface area (Å²) in [5, 5.41) is 2.76. The van der Waals surface area contributed by atoms with Crippen molar-refractivity contribution in [1.29, 1.82) is 0 Å². The number of carbonyl (C=O) groups excluding carboxylic acids is 2. The summed E-state index contributed by atoms with van der Waals surface area (Å²) in [6.07, 6.45) is 2.07. The summed E-state index contributed by atoms with van der Waals surface area (Å²) in [4.78, 5) is 26.3. The lowest BCUT2D eigenvalue weighted by atomic mass is 9.90. The number of carbonyl (C=O) groups is 2. The maximum absolute atomic E-state index is 12.6. The van der Waals surface area contributed by atoms with Gasteiger partial charge in [0.2, 0.25) is 11.8 Å². The number of nitrogens with one attached hydrogen (secondary N) is 1. The highest BCUT2D eigenvalue weighted by Gasteiger charge is 2.48. The van der Waals surface area contributed by atoms with E-state index in [-0.39, 0.29) is 17.6 Å². The molecule has 3 unspecified atom stereocenters. The van der Waals surface area contributed by atoms with E-state index in [9.17, 15) is 18.0 Å². The van der Waals surface area contributed by atoms with E-state index in [0.717, 1.165) is 6.26 Å². The van der Waals surface area contributed by atoms with Crippen LogP contribution in [0.25, 0.3) is 0 Å². The molecule has 0 aromatic heterocycles. The summed E-state index contributed by atoms with van der Waals surface area (Å²) in [6, 6.07) is -1.11. The largest absolute Gasteiger partial charge is 0.340 e. The molecule has 1 N–H and O–H groups in total. The molecule has 0 bridgehead atoms. The normalized spacial score (nSPS) is 29.2. The molecule has 1 saturated heterocycles. The van der Waals surface area contributed by atoms with E-state index in [4.69, 9.17) is 0 Å². The average molecular weight is 304 g/mol. The maximum Gasteiger partial charge on any atom is 0.248 e. The van der Waals surface area contributed by atoms with Crippen molar-refractivity contribution < 1.29 is 18.0 Å². The lowest BCUT2D eigenvalue weighted by Crippen LogP contribution is -2.71. The molecule has 20 heavy (non-hydrogen) atoms. The molecule has 1 fully saturated rings. The second kappa shape index (κ2) is 5.71. The van der Waals surface area contributed by atoms with E-state index in [1.165, 1.54) is 4.90 Å². The molecule has 0 spiro atoms. The summed E-state index contributed by atoms with van der Waals surface area (Å²) in [7, 11) is -3.21. The highest BCUT2D eigenvalue weighted by molar-refractivity contribution is 7.90. The van der Waals surface area contributed by atoms with Crippen LogP contribution in [0.1, 0.15) is 40.5 Å². The number of nitrogens with zero attached hydrogens (tertiary/aromatic N) is 1. The Balaban J connectivity index is 3.15. The number of sulfone groups is 1. The summed E-state index contributed by atoms with van der Waals surface area (Å²) in [5.41, 5.74) is -0.950. The Labute approximate surface area is 120 Å². The lowest BCUT2D eigenvalue weighted by Gasteiger charge is -2.46. The molecule has 7 heteroatoms. The van der Waals surface area contributed by atoms with E-state index in [0.29, 0.717) is 12.8 Å². The van der Waals surface area contributed by atoms with Gasteiger partial charge in [-0.1, -0.05) is 13.8 Å². The van der Waals surface area contributed by atoms with Crippen LogP contribution in [0.15, 0.2) is 0 Å². The molecule has 1 aliphatic heterocycles. The first-order valence-corrected chi connectivity index (χ1v) is 8.94. The van der Waals surface area contributed by atoms with Gasteiger partial charge in [0, 0.05) is 12.3 Å². The second-order valence-corrected chi connectivity index (χ2v) is 7.94. The van der Waals surface area contributed by atoms with Gasteiger partial charge < -0.3 is 10.2 Å². The molecule has 1 aliphatic rings. The van der Waals surface area contributed by atoms with Gasteiger partial charge in [-0.05, 0) is 26.7 Å². The van der Waals surface area contributed by atoms with Crippen molar-refractivity contribution in [1.82, 2.24) is 10.2 Å². The van der Waals surface area contributed by atoms with Gasteiger partial charge in [0.1, 0.15) is 21.4 Å². The van der Waals surface area contributed by atoms with Crippen LogP contribution in [-0.2, 0) is 19.4 Å². The van der Waals surface area contributed by atoms with Crippen LogP contribution in [0, 0.1) is 0 Å². The number of rotatable bonds is 5. The minimum absolute atomic E-state index is 0.137. The summed E-state index contributed by atoms with van der Waals surface area (Å²) >= 11 is 0. The van der Waals surface area contributed by atoms with Crippen molar-refractivity contribution >= 4 is 21.7 Å². The highest BCUT2D eigenvalue weighted by Crippen LogP contribution is 2.25. The topological polar surface area (TPSA) is 83.6 Å². The Morgan fingerprint density at radius 2 is 1.90 bits per heavy atom. The zero-order valence-corrected chi connectivity index (χ0v) is 13.6. The van der Waals surface area contributed by atoms with Gasteiger partial charge in [0.25, 0.3) is 0 Å². The molecule has 0 aromatic rings. The molecule has 2 amide bonds. The predicted molar refractivity (Wildman–Crippen MR) is 76.9 cm³/mol. The molecule has 0 saturated carbocycles. The quantitative estimate of drug-likeness (QED) is 0.793. The van der Waals surface area contributed by atoms with E-state index in [2.05, 4.69) is 5.32 Å². The molecular formula is C13H24N2O4S. The zero-order valence-electron chi connectivity index (χ0n) is 12.8. The zero-order chi connectivity index (χ0) is 15.7. The Bertz CT molecular complexity index is 503. The highest BCUT2D eigenvalue weighted by atomic mass is 32.2. The minimum atomic E-state index is -3.21. The minimum Gasteiger partial charge on any atom is -0.340 e. The summed E-state index contributed by atoms with van der Waals surface area (Å²) < 4.78 is 22.9. The van der Waals surface area contributed by atoms with Gasteiger partial charge in [-0.2, -0.15) is 0 Å². The van der Waals surface area contributed by atoms with Crippen LogP contribution < -0.4 is 5.32 Å². The van der Waals surface area contributed by atoms with E-state index in [1.54, 1.807) is 13.8 Å². The fraction of sp³-hybridized carbons (Fsp3) is 0.846. The van der Waals surface area contributed by atoms with Gasteiger partial charge in [-0.3, -0.25) is 9.59 Å². The van der Waals surface area contributed by atoms with Crippen LogP contribution in [0.3, 0.4) is 0 Å². The van der Waals surface area contributed by atoms with E-state index < -0.39 is 27.5 Å². The molecule has 0 aromatic carbocycles. The van der Waals surface area contributed by atoms with Gasteiger partial charge in [-0.25, -0.2) is 8.42 Å². The van der Waals surface area contributed by atoms with Gasteiger partial charge in [0.15, 0.2) is 0 Å². The second-order valence-electron chi connectivity index (χ2n) is 5.75. The third-order valence-electron chi connectivity index (χ3n) is 3.86. The van der Waals surface area contributed by atoms with Crippen LogP contribution in [0.2, 0.25) is 0 Å². The van der Waals surface area contributed by atoms with Crippen LogP contribution in [0.5, 0.6) is 0 Å². The number of amides is 2. The fourth-order valence-corrected chi connectivity index (χ4v) is 3.65. The Kier molecular flexibility index (Phi) is 4.84. The van der Waals surface area contributed by atoms with Crippen LogP contribution in [0.4, 0.5) is 0 Å². The first-order chi connectivity index (χ1) is 9.05. The van der Waals surface area contributed by atoms with E-state index in [1.807, 2.05) is 13.8 Å². The van der Waals surface area contributed by atoms with Crippen LogP contribution >= 0.6 is 0 Å². The molecule has 3 atom stereocenters. The van der Waals surface area contributed by atoms with Crippen molar-refractivity contribution in [2.24, 2.45) is 0 Å². The van der Waals surface area contributed by atoms with E-state index >= 15 is 0 Å². The van der Waals surface area contributed by atoms with Gasteiger partial charge in [-0.15, -0.1) is 0 Å². The smallest absolute Gasteiger partial charge is 0.248 e. The Hall–Kier alpha value is -1.11. The standard InChI is InChI=1S/C13H24N2O4S/c1-6-10-11(16)14-13(4,7-2)12(17)15(10)9(3)8-20(5,18)19/h9-10H,6-8H2,1-5H3,(H,14,16). The first kappa shape index (κ1) is 16.9. The number of hydrogen-bond donors (Lipinski definition) is 1. The average Bonchev–Trinajstić information content (AvgIpc) is 2.30. The number of piperazine rings is 1. The van der Waals surface area contributed by atoms with Crippen LogP contribution in [-0.4, -0.2) is 54.8 Å². The van der Waals surface area contributed by atoms with Crippen molar-refractivity contribution in [3.05, 3.63) is 0 Å².